The number of anilines is 1. The van der Waals surface area contributed by atoms with Crippen LogP contribution in [0, 0.1) is 0 Å². The summed E-state index contributed by atoms with van der Waals surface area (Å²) in [5.74, 6) is -0.0787. The molecule has 0 unspecified atom stereocenters. The van der Waals surface area contributed by atoms with Crippen molar-refractivity contribution in [3.8, 4) is 5.75 Å². The molecule has 1 N–H and O–H groups in total. The summed E-state index contributed by atoms with van der Waals surface area (Å²) in [6.07, 6.45) is 11.6. The van der Waals surface area contributed by atoms with E-state index in [0.717, 1.165) is 28.1 Å². The van der Waals surface area contributed by atoms with Crippen LogP contribution in [0.15, 0.2) is 91.5 Å². The summed E-state index contributed by atoms with van der Waals surface area (Å²) < 4.78 is 8.14. The molecule has 0 radical (unpaired) electrons. The zero-order valence-electron chi connectivity index (χ0n) is 18.6. The molecule has 6 heteroatoms. The first kappa shape index (κ1) is 21.5. The third-order valence-electron chi connectivity index (χ3n) is 5.91. The fraction of sp³-hybridized carbons (Fsp3) is 0.143. The summed E-state index contributed by atoms with van der Waals surface area (Å²) in [6, 6.07) is 21.3. The highest BCUT2D eigenvalue weighted by Crippen LogP contribution is 2.30. The Morgan fingerprint density at radius 1 is 0.971 bits per heavy atom. The molecule has 4 aromatic rings. The van der Waals surface area contributed by atoms with Gasteiger partial charge >= 0.3 is 5.97 Å². The fourth-order valence-corrected chi connectivity index (χ4v) is 4.12. The number of ether oxygens (including phenoxy) is 1. The number of nitrogens with zero attached hydrogens (tertiary/aromatic N) is 3. The number of aromatic nitrogens is 2. The van der Waals surface area contributed by atoms with Gasteiger partial charge < -0.3 is 19.3 Å². The summed E-state index contributed by atoms with van der Waals surface area (Å²) >= 11 is 0. The van der Waals surface area contributed by atoms with Crippen molar-refractivity contribution in [3.05, 3.63) is 114 Å². The number of rotatable bonds is 8. The normalized spacial score (nSPS) is 13.7. The van der Waals surface area contributed by atoms with Gasteiger partial charge in [-0.05, 0) is 53.6 Å². The molecule has 2 aromatic heterocycles. The van der Waals surface area contributed by atoms with Crippen LogP contribution < -0.4 is 9.64 Å². The lowest BCUT2D eigenvalue weighted by Crippen LogP contribution is -2.54. The van der Waals surface area contributed by atoms with Crippen molar-refractivity contribution in [3.63, 3.8) is 0 Å². The third-order valence-corrected chi connectivity index (χ3v) is 5.91. The molecule has 0 aliphatic carbocycles. The van der Waals surface area contributed by atoms with Crippen molar-refractivity contribution in [2.45, 2.75) is 12.6 Å². The van der Waals surface area contributed by atoms with Crippen LogP contribution in [0.3, 0.4) is 0 Å². The van der Waals surface area contributed by atoms with Crippen molar-refractivity contribution < 1.29 is 14.6 Å². The first-order valence-electron chi connectivity index (χ1n) is 11.2. The number of hydrogen-bond acceptors (Lipinski definition) is 4. The van der Waals surface area contributed by atoms with Crippen LogP contribution in [0.25, 0.3) is 12.2 Å². The van der Waals surface area contributed by atoms with Gasteiger partial charge in [-0.15, -0.1) is 0 Å². The number of carboxylic acids is 1. The van der Waals surface area contributed by atoms with Gasteiger partial charge in [-0.3, -0.25) is 4.98 Å². The van der Waals surface area contributed by atoms with Gasteiger partial charge in [0.1, 0.15) is 11.9 Å². The van der Waals surface area contributed by atoms with Crippen LogP contribution in [0.4, 0.5) is 5.69 Å². The van der Waals surface area contributed by atoms with E-state index >= 15 is 0 Å². The van der Waals surface area contributed by atoms with Crippen molar-refractivity contribution in [1.82, 2.24) is 9.55 Å². The molecule has 0 amide bonds. The maximum atomic E-state index is 11.8. The molecule has 1 saturated heterocycles. The molecule has 0 spiro atoms. The molecular weight excluding hydrogens is 426 g/mol. The summed E-state index contributed by atoms with van der Waals surface area (Å²) in [7, 11) is 0. The average molecular weight is 452 g/mol. The molecule has 2 aromatic carbocycles. The Kier molecular flexibility index (Phi) is 6.12. The zero-order chi connectivity index (χ0) is 23.3. The SMILES string of the molecule is O=C(O)c1cccc(N2CC(Oc3ccc(/C=C/c4cccnc4)cc3)C2)c1Cn1cccc1. The van der Waals surface area contributed by atoms with E-state index in [-0.39, 0.29) is 6.10 Å². The van der Waals surface area contributed by atoms with Gasteiger partial charge in [0.15, 0.2) is 0 Å². The summed E-state index contributed by atoms with van der Waals surface area (Å²) in [5, 5.41) is 9.70. The lowest BCUT2D eigenvalue weighted by atomic mass is 10.0. The largest absolute Gasteiger partial charge is 0.487 e. The molecule has 6 nitrogen and oxygen atoms in total. The van der Waals surface area contributed by atoms with E-state index in [1.165, 1.54) is 0 Å². The fourth-order valence-electron chi connectivity index (χ4n) is 4.12. The van der Waals surface area contributed by atoms with Gasteiger partial charge in [-0.1, -0.05) is 36.4 Å². The minimum absolute atomic E-state index is 0.0599. The highest BCUT2D eigenvalue weighted by molar-refractivity contribution is 5.91. The first-order valence-corrected chi connectivity index (χ1v) is 11.2. The second kappa shape index (κ2) is 9.67. The van der Waals surface area contributed by atoms with Gasteiger partial charge in [-0.25, -0.2) is 4.79 Å². The van der Waals surface area contributed by atoms with Crippen LogP contribution in [0.1, 0.15) is 27.0 Å². The van der Waals surface area contributed by atoms with Gasteiger partial charge in [0.05, 0.1) is 18.7 Å². The highest BCUT2D eigenvalue weighted by atomic mass is 16.5. The predicted molar refractivity (Wildman–Crippen MR) is 133 cm³/mol. The molecule has 1 fully saturated rings. The van der Waals surface area contributed by atoms with E-state index in [4.69, 9.17) is 4.74 Å². The second-order valence-corrected chi connectivity index (χ2v) is 8.30. The van der Waals surface area contributed by atoms with Crippen LogP contribution in [0.5, 0.6) is 5.75 Å². The van der Waals surface area contributed by atoms with E-state index in [2.05, 4.69) is 9.88 Å². The minimum atomic E-state index is -0.907. The second-order valence-electron chi connectivity index (χ2n) is 8.30. The number of aromatic carboxylic acids is 1. The minimum Gasteiger partial charge on any atom is -0.487 e. The van der Waals surface area contributed by atoms with E-state index in [1.54, 1.807) is 12.3 Å². The van der Waals surface area contributed by atoms with Crippen LogP contribution in [0.2, 0.25) is 0 Å². The number of pyridine rings is 1. The van der Waals surface area contributed by atoms with Crippen molar-refractivity contribution >= 4 is 23.8 Å². The van der Waals surface area contributed by atoms with Gasteiger partial charge in [0.25, 0.3) is 0 Å². The molecule has 3 heterocycles. The zero-order valence-corrected chi connectivity index (χ0v) is 18.6. The summed E-state index contributed by atoms with van der Waals surface area (Å²) in [6.45, 7) is 1.94. The van der Waals surface area contributed by atoms with Crippen molar-refractivity contribution in [1.29, 1.82) is 0 Å². The molecule has 0 bridgehead atoms. The smallest absolute Gasteiger partial charge is 0.336 e. The number of benzene rings is 2. The monoisotopic (exact) mass is 451 g/mol. The predicted octanol–water partition coefficient (Wildman–Crippen LogP) is 5.07. The van der Waals surface area contributed by atoms with Gasteiger partial charge in [0, 0.05) is 42.6 Å². The highest BCUT2D eigenvalue weighted by Gasteiger charge is 2.31. The van der Waals surface area contributed by atoms with Crippen LogP contribution in [-0.2, 0) is 6.54 Å². The number of carbonyl (C=O) groups is 1. The van der Waals surface area contributed by atoms with Crippen LogP contribution in [-0.4, -0.2) is 39.8 Å². The lowest BCUT2D eigenvalue weighted by molar-refractivity contribution is 0.0695. The standard InChI is InChI=1S/C28H25N3O3/c32-28(33)25-6-3-7-27(26(25)20-30-15-1-2-16-30)31-18-24(19-31)34-23-12-10-21(11-13-23)8-9-22-5-4-14-29-17-22/h1-17,24H,18-20H2,(H,32,33)/b9-8+. The molecule has 1 aliphatic rings. The summed E-state index contributed by atoms with van der Waals surface area (Å²) in [5.41, 5.74) is 4.25. The molecular formula is C28H25N3O3. The number of carboxylic acid groups (broad SMARTS) is 1. The Balaban J connectivity index is 1.22. The van der Waals surface area contributed by atoms with E-state index in [9.17, 15) is 9.90 Å². The van der Waals surface area contributed by atoms with Crippen LogP contribution >= 0.6 is 0 Å². The third kappa shape index (κ3) is 4.86. The van der Waals surface area contributed by atoms with Gasteiger partial charge in [0.2, 0.25) is 0 Å². The van der Waals surface area contributed by atoms with E-state index in [1.807, 2.05) is 96.0 Å². The molecule has 34 heavy (non-hydrogen) atoms. The molecule has 170 valence electrons. The molecule has 0 saturated carbocycles. The Morgan fingerprint density at radius 2 is 1.74 bits per heavy atom. The van der Waals surface area contributed by atoms with E-state index in [0.29, 0.717) is 25.2 Å². The maximum absolute atomic E-state index is 11.8. The quantitative estimate of drug-likeness (QED) is 0.405. The topological polar surface area (TPSA) is 67.6 Å². The summed E-state index contributed by atoms with van der Waals surface area (Å²) in [4.78, 5) is 18.1. The lowest BCUT2D eigenvalue weighted by Gasteiger charge is -2.41. The maximum Gasteiger partial charge on any atom is 0.336 e. The number of hydrogen-bond donors (Lipinski definition) is 1. The Labute approximate surface area is 198 Å². The van der Waals surface area contributed by atoms with E-state index < -0.39 is 5.97 Å². The molecule has 1 aliphatic heterocycles. The average Bonchev–Trinajstić information content (AvgIpc) is 3.35. The van der Waals surface area contributed by atoms with Crippen molar-refractivity contribution in [2.75, 3.05) is 18.0 Å². The molecule has 5 rings (SSSR count). The van der Waals surface area contributed by atoms with Crippen molar-refractivity contribution in [2.24, 2.45) is 0 Å². The Hall–Kier alpha value is -4.32. The first-order chi connectivity index (χ1) is 16.7. The Morgan fingerprint density at radius 3 is 2.44 bits per heavy atom. The van der Waals surface area contributed by atoms with Gasteiger partial charge in [-0.2, -0.15) is 0 Å². The Bertz CT molecular complexity index is 1280. The molecule has 0 atom stereocenters.